The highest BCUT2D eigenvalue weighted by Gasteiger charge is 2.13. The van der Waals surface area contributed by atoms with Crippen molar-refractivity contribution >= 4 is 0 Å². The Balaban J connectivity index is 1.48. The highest BCUT2D eigenvalue weighted by atomic mass is 16.5. The number of oxazole rings is 1. The zero-order valence-corrected chi connectivity index (χ0v) is 15.7. The lowest BCUT2D eigenvalue weighted by Crippen LogP contribution is -2.21. The second-order valence-corrected chi connectivity index (χ2v) is 6.59. The van der Waals surface area contributed by atoms with Gasteiger partial charge in [0.05, 0.1) is 12.3 Å². The molecule has 0 aliphatic rings. The summed E-state index contributed by atoms with van der Waals surface area (Å²) in [6, 6.07) is 18.1. The van der Waals surface area contributed by atoms with Crippen LogP contribution in [0.5, 0.6) is 5.75 Å². The number of rotatable bonds is 8. The van der Waals surface area contributed by atoms with E-state index < -0.39 is 0 Å². The minimum Gasteiger partial charge on any atom is -0.493 e. The highest BCUT2D eigenvalue weighted by molar-refractivity contribution is 5.53. The van der Waals surface area contributed by atoms with Crippen molar-refractivity contribution in [1.82, 2.24) is 9.88 Å². The van der Waals surface area contributed by atoms with Gasteiger partial charge in [-0.1, -0.05) is 36.4 Å². The van der Waals surface area contributed by atoms with Gasteiger partial charge < -0.3 is 14.1 Å². The summed E-state index contributed by atoms with van der Waals surface area (Å²) in [6.45, 7) is 6.47. The van der Waals surface area contributed by atoms with Crippen molar-refractivity contribution in [3.8, 4) is 17.2 Å². The lowest BCUT2D eigenvalue weighted by Gasteiger charge is -2.16. The van der Waals surface area contributed by atoms with Gasteiger partial charge in [0.15, 0.2) is 0 Å². The molecule has 0 aliphatic carbocycles. The Morgan fingerprint density at radius 1 is 1.00 bits per heavy atom. The first kappa shape index (κ1) is 18.2. The van der Waals surface area contributed by atoms with Crippen molar-refractivity contribution in [2.24, 2.45) is 0 Å². The molecule has 3 aromatic rings. The topological polar surface area (TPSA) is 38.5 Å². The van der Waals surface area contributed by atoms with E-state index in [-0.39, 0.29) is 0 Å². The molecule has 3 rings (SSSR count). The van der Waals surface area contributed by atoms with Crippen molar-refractivity contribution in [3.63, 3.8) is 0 Å². The van der Waals surface area contributed by atoms with Crippen LogP contribution >= 0.6 is 0 Å². The molecule has 1 aromatic heterocycles. The van der Waals surface area contributed by atoms with Gasteiger partial charge in [-0.3, -0.25) is 0 Å². The lowest BCUT2D eigenvalue weighted by molar-refractivity contribution is 0.256. The van der Waals surface area contributed by atoms with E-state index in [1.54, 1.807) is 0 Å². The Kier molecular flexibility index (Phi) is 6.08. The van der Waals surface area contributed by atoms with Gasteiger partial charge in [-0.15, -0.1) is 0 Å². The van der Waals surface area contributed by atoms with Crippen LogP contribution in [-0.2, 0) is 6.54 Å². The second kappa shape index (κ2) is 8.68. The smallest absolute Gasteiger partial charge is 0.226 e. The number of aryl methyl sites for hydroxylation is 2. The van der Waals surface area contributed by atoms with Gasteiger partial charge >= 0.3 is 0 Å². The molecule has 0 fully saturated rings. The van der Waals surface area contributed by atoms with Crippen LogP contribution in [0.4, 0.5) is 0 Å². The zero-order valence-electron chi connectivity index (χ0n) is 15.7. The van der Waals surface area contributed by atoms with Crippen LogP contribution in [0.3, 0.4) is 0 Å². The number of para-hydroxylation sites is 1. The third-order valence-corrected chi connectivity index (χ3v) is 4.37. The second-order valence-electron chi connectivity index (χ2n) is 6.59. The Labute approximate surface area is 155 Å². The van der Waals surface area contributed by atoms with Crippen LogP contribution in [-0.4, -0.2) is 30.1 Å². The molecule has 0 saturated carbocycles. The fourth-order valence-corrected chi connectivity index (χ4v) is 2.85. The molecule has 0 radical (unpaired) electrons. The molecule has 0 spiro atoms. The van der Waals surface area contributed by atoms with Gasteiger partial charge in [-0.25, -0.2) is 4.98 Å². The predicted octanol–water partition coefficient (Wildman–Crippen LogP) is 4.86. The molecule has 1 heterocycles. The average Bonchev–Trinajstić information content (AvgIpc) is 3.01. The monoisotopic (exact) mass is 350 g/mol. The summed E-state index contributed by atoms with van der Waals surface area (Å²) in [5.74, 6) is 2.54. The lowest BCUT2D eigenvalue weighted by atomic mass is 10.2. The molecule has 4 nitrogen and oxygen atoms in total. The van der Waals surface area contributed by atoms with Gasteiger partial charge in [-0.2, -0.15) is 0 Å². The number of hydrogen-bond donors (Lipinski definition) is 0. The molecule has 0 N–H and O–H groups in total. The van der Waals surface area contributed by atoms with Crippen molar-refractivity contribution in [1.29, 1.82) is 0 Å². The molecule has 0 atom stereocenters. The third-order valence-electron chi connectivity index (χ3n) is 4.37. The molecule has 26 heavy (non-hydrogen) atoms. The summed E-state index contributed by atoms with van der Waals surface area (Å²) in [6.07, 6.45) is 0.966. The van der Waals surface area contributed by atoms with E-state index in [9.17, 15) is 0 Å². The van der Waals surface area contributed by atoms with Crippen LogP contribution in [0, 0.1) is 13.8 Å². The summed E-state index contributed by atoms with van der Waals surface area (Å²) in [5.41, 5.74) is 3.18. The fourth-order valence-electron chi connectivity index (χ4n) is 2.85. The van der Waals surface area contributed by atoms with E-state index in [2.05, 4.69) is 29.9 Å². The molecule has 0 unspecified atom stereocenters. The molecule has 0 aliphatic heterocycles. The maximum Gasteiger partial charge on any atom is 0.226 e. The first-order valence-electron chi connectivity index (χ1n) is 9.02. The SMILES string of the molecule is Cc1ccccc1OCCCN(C)Cc1nc(-c2ccccc2)oc1C. The predicted molar refractivity (Wildman–Crippen MR) is 104 cm³/mol. The van der Waals surface area contributed by atoms with Gasteiger partial charge in [-0.05, 0) is 51.1 Å². The summed E-state index contributed by atoms with van der Waals surface area (Å²) in [5, 5.41) is 0. The van der Waals surface area contributed by atoms with Crippen molar-refractivity contribution < 1.29 is 9.15 Å². The summed E-state index contributed by atoms with van der Waals surface area (Å²) in [4.78, 5) is 6.92. The average molecular weight is 350 g/mol. The largest absolute Gasteiger partial charge is 0.493 e. The molecular formula is C22H26N2O2. The molecule has 4 heteroatoms. The van der Waals surface area contributed by atoms with E-state index in [1.807, 2.05) is 55.5 Å². The molecule has 2 aromatic carbocycles. The van der Waals surface area contributed by atoms with Gasteiger partial charge in [0, 0.05) is 18.7 Å². The van der Waals surface area contributed by atoms with Gasteiger partial charge in [0.25, 0.3) is 0 Å². The molecule has 0 amide bonds. The maximum absolute atomic E-state index is 5.86. The number of ether oxygens (including phenoxy) is 1. The Hall–Kier alpha value is -2.59. The van der Waals surface area contributed by atoms with Crippen LogP contribution in [0.15, 0.2) is 59.0 Å². The summed E-state index contributed by atoms with van der Waals surface area (Å²) < 4.78 is 11.7. The van der Waals surface area contributed by atoms with Crippen LogP contribution in [0.25, 0.3) is 11.5 Å². The van der Waals surface area contributed by atoms with E-state index >= 15 is 0 Å². The number of hydrogen-bond acceptors (Lipinski definition) is 4. The summed E-state index contributed by atoms with van der Waals surface area (Å²) >= 11 is 0. The quantitative estimate of drug-likeness (QED) is 0.544. The third kappa shape index (κ3) is 4.73. The van der Waals surface area contributed by atoms with E-state index in [1.165, 1.54) is 5.56 Å². The standard InChI is InChI=1S/C22H26N2O2/c1-17-10-7-8-13-21(17)25-15-9-14-24(3)16-20-18(2)26-22(23-20)19-11-5-4-6-12-19/h4-8,10-13H,9,14-16H2,1-3H3. The summed E-state index contributed by atoms with van der Waals surface area (Å²) in [7, 11) is 2.10. The van der Waals surface area contributed by atoms with Crippen LogP contribution < -0.4 is 4.74 Å². The maximum atomic E-state index is 5.86. The molecule has 0 bridgehead atoms. The highest BCUT2D eigenvalue weighted by Crippen LogP contribution is 2.22. The van der Waals surface area contributed by atoms with Crippen molar-refractivity contribution in [2.45, 2.75) is 26.8 Å². The molecular weight excluding hydrogens is 324 g/mol. The Bertz CT molecular complexity index is 827. The zero-order chi connectivity index (χ0) is 18.4. The number of nitrogens with zero attached hydrogens (tertiary/aromatic N) is 2. The van der Waals surface area contributed by atoms with Crippen molar-refractivity contribution in [2.75, 3.05) is 20.2 Å². The first-order valence-corrected chi connectivity index (χ1v) is 9.02. The minimum atomic E-state index is 0.689. The Morgan fingerprint density at radius 3 is 2.50 bits per heavy atom. The van der Waals surface area contributed by atoms with E-state index in [0.29, 0.717) is 12.5 Å². The normalized spacial score (nSPS) is 11.1. The van der Waals surface area contributed by atoms with Gasteiger partial charge in [0.2, 0.25) is 5.89 Å². The van der Waals surface area contributed by atoms with E-state index in [0.717, 1.165) is 42.3 Å². The molecule has 0 saturated heterocycles. The van der Waals surface area contributed by atoms with Gasteiger partial charge in [0.1, 0.15) is 11.5 Å². The Morgan fingerprint density at radius 2 is 1.73 bits per heavy atom. The van der Waals surface area contributed by atoms with Crippen LogP contribution in [0.2, 0.25) is 0 Å². The van der Waals surface area contributed by atoms with Crippen molar-refractivity contribution in [3.05, 3.63) is 71.6 Å². The minimum absolute atomic E-state index is 0.689. The fraction of sp³-hybridized carbons (Fsp3) is 0.318. The van der Waals surface area contributed by atoms with Crippen LogP contribution in [0.1, 0.15) is 23.4 Å². The first-order chi connectivity index (χ1) is 12.6. The number of aromatic nitrogens is 1. The molecule has 136 valence electrons. The number of benzene rings is 2. The van der Waals surface area contributed by atoms with E-state index in [4.69, 9.17) is 9.15 Å².